The zero-order valence-corrected chi connectivity index (χ0v) is 18.9. The third kappa shape index (κ3) is 6.61. The number of rotatable bonds is 10. The molecule has 0 aromatic heterocycles. The molecule has 33 heavy (non-hydrogen) atoms. The zero-order valence-electron chi connectivity index (χ0n) is 18.9. The van der Waals surface area contributed by atoms with E-state index in [9.17, 15) is 14.4 Å². The Bertz CT molecular complexity index is 988. The molecule has 176 valence electrons. The Kier molecular flexibility index (Phi) is 8.51. The summed E-state index contributed by atoms with van der Waals surface area (Å²) < 4.78 is 16.1. The van der Waals surface area contributed by atoms with Crippen molar-refractivity contribution >= 4 is 23.4 Å². The van der Waals surface area contributed by atoms with Crippen LogP contribution in [0.5, 0.6) is 17.2 Å². The lowest BCUT2D eigenvalue weighted by atomic mass is 10.2. The van der Waals surface area contributed by atoms with Crippen LogP contribution < -0.4 is 24.8 Å². The van der Waals surface area contributed by atoms with E-state index in [1.807, 2.05) is 4.90 Å². The summed E-state index contributed by atoms with van der Waals surface area (Å²) in [5, 5.41) is 5.48. The van der Waals surface area contributed by atoms with E-state index in [2.05, 4.69) is 10.6 Å². The molecule has 3 rings (SSSR count). The number of ether oxygens (including phenoxy) is 3. The molecular weight excluding hydrogens is 426 g/mol. The van der Waals surface area contributed by atoms with Crippen molar-refractivity contribution < 1.29 is 28.6 Å². The zero-order chi connectivity index (χ0) is 23.6. The standard InChI is InChI=1S/C24H29N3O6/c1-31-19-8-4-3-7-18(19)26-22(28)16-33-20-10-9-17(15-21(20)32-2)24(30)25-12-11-23(29)27-13-5-6-14-27/h3-4,7-10,15H,5-6,11-14,16H2,1-2H3,(H,25,30)(H,26,28). The second-order valence-electron chi connectivity index (χ2n) is 7.50. The SMILES string of the molecule is COc1ccccc1NC(=O)COc1ccc(C(=O)NCCC(=O)N2CCCC2)cc1OC. The van der Waals surface area contributed by atoms with Crippen LogP contribution in [-0.4, -0.2) is 63.1 Å². The van der Waals surface area contributed by atoms with Gasteiger partial charge in [-0.15, -0.1) is 0 Å². The summed E-state index contributed by atoms with van der Waals surface area (Å²) in [5.74, 6) is 0.560. The van der Waals surface area contributed by atoms with Crippen LogP contribution in [0.2, 0.25) is 0 Å². The van der Waals surface area contributed by atoms with Crippen molar-refractivity contribution in [2.75, 3.05) is 45.8 Å². The summed E-state index contributed by atoms with van der Waals surface area (Å²) in [6.07, 6.45) is 2.34. The fourth-order valence-corrected chi connectivity index (χ4v) is 3.52. The third-order valence-corrected chi connectivity index (χ3v) is 5.25. The maximum Gasteiger partial charge on any atom is 0.262 e. The van der Waals surface area contributed by atoms with Crippen LogP contribution in [0.3, 0.4) is 0 Å². The summed E-state index contributed by atoms with van der Waals surface area (Å²) in [6.45, 7) is 1.60. The van der Waals surface area contributed by atoms with Gasteiger partial charge in [-0.1, -0.05) is 12.1 Å². The van der Waals surface area contributed by atoms with E-state index in [0.29, 0.717) is 28.5 Å². The third-order valence-electron chi connectivity index (χ3n) is 5.25. The molecule has 0 atom stereocenters. The number of hydrogen-bond acceptors (Lipinski definition) is 6. The number of carbonyl (C=O) groups is 3. The van der Waals surface area contributed by atoms with Crippen molar-refractivity contribution in [2.24, 2.45) is 0 Å². The molecule has 2 aromatic carbocycles. The minimum Gasteiger partial charge on any atom is -0.495 e. The first kappa shape index (κ1) is 23.9. The van der Waals surface area contributed by atoms with Gasteiger partial charge in [0.2, 0.25) is 5.91 Å². The fraction of sp³-hybridized carbons (Fsp3) is 0.375. The van der Waals surface area contributed by atoms with Gasteiger partial charge in [0, 0.05) is 31.6 Å². The Labute approximate surface area is 193 Å². The minimum absolute atomic E-state index is 0.0560. The highest BCUT2D eigenvalue weighted by Gasteiger charge is 2.18. The molecule has 0 saturated carbocycles. The van der Waals surface area contributed by atoms with Gasteiger partial charge >= 0.3 is 0 Å². The lowest BCUT2D eigenvalue weighted by Crippen LogP contribution is -2.32. The quantitative estimate of drug-likeness (QED) is 0.570. The van der Waals surface area contributed by atoms with Crippen molar-refractivity contribution in [2.45, 2.75) is 19.3 Å². The van der Waals surface area contributed by atoms with E-state index in [-0.39, 0.29) is 37.3 Å². The molecule has 0 unspecified atom stereocenters. The Morgan fingerprint density at radius 2 is 1.67 bits per heavy atom. The first-order valence-electron chi connectivity index (χ1n) is 10.8. The number of benzene rings is 2. The molecule has 2 N–H and O–H groups in total. The van der Waals surface area contributed by atoms with Crippen molar-refractivity contribution in [1.29, 1.82) is 0 Å². The molecule has 1 fully saturated rings. The number of nitrogens with zero attached hydrogens (tertiary/aromatic N) is 1. The average molecular weight is 456 g/mol. The highest BCUT2D eigenvalue weighted by molar-refractivity contribution is 5.95. The maximum atomic E-state index is 12.4. The number of carbonyl (C=O) groups excluding carboxylic acids is 3. The highest BCUT2D eigenvalue weighted by Crippen LogP contribution is 2.28. The molecule has 0 aliphatic carbocycles. The molecule has 3 amide bonds. The van der Waals surface area contributed by atoms with E-state index >= 15 is 0 Å². The van der Waals surface area contributed by atoms with Gasteiger partial charge in [-0.25, -0.2) is 0 Å². The van der Waals surface area contributed by atoms with Gasteiger partial charge in [0.1, 0.15) is 5.75 Å². The lowest BCUT2D eigenvalue weighted by Gasteiger charge is -2.15. The molecule has 9 heteroatoms. The monoisotopic (exact) mass is 455 g/mol. The van der Waals surface area contributed by atoms with Crippen LogP contribution in [0.4, 0.5) is 5.69 Å². The van der Waals surface area contributed by atoms with E-state index < -0.39 is 0 Å². The molecule has 1 heterocycles. The number of methoxy groups -OCH3 is 2. The van der Waals surface area contributed by atoms with Crippen molar-refractivity contribution in [3.05, 3.63) is 48.0 Å². The summed E-state index contributed by atoms with van der Waals surface area (Å²) in [5.41, 5.74) is 0.905. The predicted octanol–water partition coefficient (Wildman–Crippen LogP) is 2.46. The van der Waals surface area contributed by atoms with E-state index in [4.69, 9.17) is 14.2 Å². The first-order chi connectivity index (χ1) is 16.0. The smallest absolute Gasteiger partial charge is 0.262 e. The largest absolute Gasteiger partial charge is 0.495 e. The number of likely N-dealkylation sites (tertiary alicyclic amines) is 1. The van der Waals surface area contributed by atoms with Gasteiger partial charge in [0.25, 0.3) is 11.8 Å². The molecule has 9 nitrogen and oxygen atoms in total. The van der Waals surface area contributed by atoms with Crippen molar-refractivity contribution in [3.63, 3.8) is 0 Å². The Balaban J connectivity index is 1.51. The number of hydrogen-bond donors (Lipinski definition) is 2. The number of anilines is 1. The second kappa shape index (κ2) is 11.8. The number of amides is 3. The predicted molar refractivity (Wildman–Crippen MR) is 123 cm³/mol. The van der Waals surface area contributed by atoms with Gasteiger partial charge in [0.15, 0.2) is 18.1 Å². The number of nitrogens with one attached hydrogen (secondary N) is 2. The van der Waals surface area contributed by atoms with Crippen LogP contribution in [0.15, 0.2) is 42.5 Å². The fourth-order valence-electron chi connectivity index (χ4n) is 3.52. The summed E-state index contributed by atoms with van der Waals surface area (Å²) in [4.78, 5) is 38.6. The van der Waals surface area contributed by atoms with Gasteiger partial charge in [-0.3, -0.25) is 14.4 Å². The molecule has 0 bridgehead atoms. The first-order valence-corrected chi connectivity index (χ1v) is 10.8. The second-order valence-corrected chi connectivity index (χ2v) is 7.50. The Morgan fingerprint density at radius 3 is 2.39 bits per heavy atom. The maximum absolute atomic E-state index is 12.4. The van der Waals surface area contributed by atoms with Crippen LogP contribution in [0, 0.1) is 0 Å². The van der Waals surface area contributed by atoms with E-state index in [1.54, 1.807) is 36.4 Å². The van der Waals surface area contributed by atoms with Crippen molar-refractivity contribution in [1.82, 2.24) is 10.2 Å². The van der Waals surface area contributed by atoms with Crippen LogP contribution >= 0.6 is 0 Å². The minimum atomic E-state index is -0.369. The normalized spacial score (nSPS) is 12.7. The van der Waals surface area contributed by atoms with Crippen LogP contribution in [0.1, 0.15) is 29.6 Å². The highest BCUT2D eigenvalue weighted by atomic mass is 16.5. The number of para-hydroxylation sites is 2. The van der Waals surface area contributed by atoms with Crippen LogP contribution in [0.25, 0.3) is 0 Å². The van der Waals surface area contributed by atoms with Gasteiger partial charge in [-0.2, -0.15) is 0 Å². The van der Waals surface area contributed by atoms with Crippen LogP contribution in [-0.2, 0) is 9.59 Å². The summed E-state index contributed by atoms with van der Waals surface area (Å²) in [6, 6.07) is 11.7. The van der Waals surface area contributed by atoms with Crippen molar-refractivity contribution in [3.8, 4) is 17.2 Å². The van der Waals surface area contributed by atoms with Gasteiger partial charge in [0.05, 0.1) is 19.9 Å². The summed E-state index contributed by atoms with van der Waals surface area (Å²) >= 11 is 0. The van der Waals surface area contributed by atoms with E-state index in [1.165, 1.54) is 20.3 Å². The van der Waals surface area contributed by atoms with E-state index in [0.717, 1.165) is 25.9 Å². The molecule has 1 saturated heterocycles. The molecular formula is C24H29N3O6. The molecule has 2 aromatic rings. The average Bonchev–Trinajstić information content (AvgIpc) is 3.38. The Morgan fingerprint density at radius 1 is 0.939 bits per heavy atom. The lowest BCUT2D eigenvalue weighted by molar-refractivity contribution is -0.130. The molecule has 1 aliphatic rings. The van der Waals surface area contributed by atoms with Gasteiger partial charge < -0.3 is 29.7 Å². The topological polar surface area (TPSA) is 106 Å². The van der Waals surface area contributed by atoms with Gasteiger partial charge in [-0.05, 0) is 43.2 Å². The summed E-state index contributed by atoms with van der Waals surface area (Å²) in [7, 11) is 2.98. The molecule has 0 spiro atoms. The molecule has 1 aliphatic heterocycles. The molecule has 0 radical (unpaired) electrons. The Hall–Kier alpha value is -3.75.